The molecule has 1 aromatic carbocycles. The molecular formula is C14H16ClNO4. The number of aromatic nitrogens is 1. The van der Waals surface area contributed by atoms with Crippen molar-refractivity contribution in [1.29, 1.82) is 0 Å². The van der Waals surface area contributed by atoms with Crippen LogP contribution in [0, 0.1) is 0 Å². The van der Waals surface area contributed by atoms with Gasteiger partial charge in [-0.15, -0.1) is 0 Å². The van der Waals surface area contributed by atoms with Crippen LogP contribution < -0.4 is 5.76 Å². The lowest BCUT2D eigenvalue weighted by Crippen LogP contribution is -2.20. The van der Waals surface area contributed by atoms with E-state index in [4.69, 9.17) is 25.5 Å². The molecule has 1 aliphatic heterocycles. The summed E-state index contributed by atoms with van der Waals surface area (Å²) in [4.78, 5) is 11.8. The summed E-state index contributed by atoms with van der Waals surface area (Å²) < 4.78 is 17.7. The number of nitrogens with zero attached hydrogens (tertiary/aromatic N) is 1. The van der Waals surface area contributed by atoms with Gasteiger partial charge in [0.15, 0.2) is 5.58 Å². The van der Waals surface area contributed by atoms with E-state index in [2.05, 4.69) is 0 Å². The van der Waals surface area contributed by atoms with Gasteiger partial charge in [0.2, 0.25) is 0 Å². The quantitative estimate of drug-likeness (QED) is 0.796. The van der Waals surface area contributed by atoms with Gasteiger partial charge in [-0.1, -0.05) is 11.6 Å². The molecule has 20 heavy (non-hydrogen) atoms. The van der Waals surface area contributed by atoms with E-state index in [1.165, 1.54) is 0 Å². The van der Waals surface area contributed by atoms with Crippen LogP contribution in [0.2, 0.25) is 5.02 Å². The molecule has 2 aromatic rings. The Morgan fingerprint density at radius 2 is 2.35 bits per heavy atom. The SMILES string of the molecule is O=c1oc2cc(Cl)ccc2n1CCOC[C@H]1CCCO1. The Kier molecular flexibility index (Phi) is 4.10. The number of oxazole rings is 1. The average molecular weight is 298 g/mol. The molecule has 0 unspecified atom stereocenters. The van der Waals surface area contributed by atoms with E-state index in [9.17, 15) is 4.79 Å². The Bertz CT molecular complexity index is 642. The molecule has 1 saturated heterocycles. The molecule has 0 aliphatic carbocycles. The predicted molar refractivity (Wildman–Crippen MR) is 75.3 cm³/mol. The van der Waals surface area contributed by atoms with E-state index in [-0.39, 0.29) is 11.9 Å². The zero-order valence-corrected chi connectivity index (χ0v) is 11.8. The Hall–Kier alpha value is -1.30. The van der Waals surface area contributed by atoms with Gasteiger partial charge in [0, 0.05) is 17.7 Å². The first kappa shape index (κ1) is 13.7. The van der Waals surface area contributed by atoms with Gasteiger partial charge >= 0.3 is 5.76 Å². The van der Waals surface area contributed by atoms with E-state index in [1.54, 1.807) is 22.8 Å². The molecule has 0 bridgehead atoms. The molecule has 0 saturated carbocycles. The molecule has 1 aliphatic rings. The molecule has 6 heteroatoms. The maximum Gasteiger partial charge on any atom is 0.420 e. The van der Waals surface area contributed by atoms with Crippen LogP contribution in [-0.4, -0.2) is 30.5 Å². The standard InChI is InChI=1S/C14H16ClNO4/c15-10-3-4-12-13(8-10)20-14(17)16(12)5-7-18-9-11-2-1-6-19-11/h3-4,8,11H,1-2,5-7,9H2/t11-/m1/s1. The molecule has 5 nitrogen and oxygen atoms in total. The van der Waals surface area contributed by atoms with Crippen LogP contribution in [-0.2, 0) is 16.0 Å². The van der Waals surface area contributed by atoms with Gasteiger partial charge in [-0.05, 0) is 25.0 Å². The summed E-state index contributed by atoms with van der Waals surface area (Å²) in [5.74, 6) is -0.386. The second kappa shape index (κ2) is 5.99. The van der Waals surface area contributed by atoms with Crippen LogP contribution in [0.25, 0.3) is 11.1 Å². The zero-order chi connectivity index (χ0) is 13.9. The number of ether oxygens (including phenoxy) is 2. The number of benzene rings is 1. The summed E-state index contributed by atoms with van der Waals surface area (Å²) in [6, 6.07) is 5.16. The molecule has 108 valence electrons. The van der Waals surface area contributed by atoms with Crippen LogP contribution in [0.5, 0.6) is 0 Å². The van der Waals surface area contributed by atoms with Crippen molar-refractivity contribution in [2.24, 2.45) is 0 Å². The van der Waals surface area contributed by atoms with Crippen LogP contribution in [0.15, 0.2) is 27.4 Å². The largest absolute Gasteiger partial charge is 0.420 e. The van der Waals surface area contributed by atoms with Crippen LogP contribution in [0.3, 0.4) is 0 Å². The molecule has 1 aromatic heterocycles. The predicted octanol–water partition coefficient (Wildman–Crippen LogP) is 2.44. The van der Waals surface area contributed by atoms with Gasteiger partial charge in [0.05, 0.1) is 31.4 Å². The molecule has 1 atom stereocenters. The third-order valence-corrected chi connectivity index (χ3v) is 3.65. The first-order chi connectivity index (χ1) is 9.74. The number of hydrogen-bond acceptors (Lipinski definition) is 4. The molecule has 1 fully saturated rings. The van der Waals surface area contributed by atoms with E-state index < -0.39 is 0 Å². The Morgan fingerprint density at radius 3 is 3.15 bits per heavy atom. The van der Waals surface area contributed by atoms with Gasteiger partial charge in [-0.3, -0.25) is 4.57 Å². The third-order valence-electron chi connectivity index (χ3n) is 3.42. The second-order valence-corrected chi connectivity index (χ2v) is 5.28. The lowest BCUT2D eigenvalue weighted by Gasteiger charge is -2.10. The molecule has 0 spiro atoms. The zero-order valence-electron chi connectivity index (χ0n) is 11.0. The van der Waals surface area contributed by atoms with Crippen LogP contribution in [0.1, 0.15) is 12.8 Å². The minimum atomic E-state index is -0.386. The third kappa shape index (κ3) is 2.90. The van der Waals surface area contributed by atoms with Crippen molar-refractivity contribution < 1.29 is 13.9 Å². The first-order valence-electron chi connectivity index (χ1n) is 6.72. The van der Waals surface area contributed by atoms with Crippen molar-refractivity contribution in [3.8, 4) is 0 Å². The summed E-state index contributed by atoms with van der Waals surface area (Å²) in [6.07, 6.45) is 2.35. The molecule has 0 N–H and O–H groups in total. The highest BCUT2D eigenvalue weighted by Gasteiger charge is 2.15. The number of halogens is 1. The molecule has 3 rings (SSSR count). The van der Waals surface area contributed by atoms with Gasteiger partial charge < -0.3 is 13.9 Å². The normalized spacial score (nSPS) is 18.9. The number of hydrogen-bond donors (Lipinski definition) is 0. The summed E-state index contributed by atoms with van der Waals surface area (Å²) >= 11 is 5.87. The smallest absolute Gasteiger partial charge is 0.408 e. The highest BCUT2D eigenvalue weighted by atomic mass is 35.5. The van der Waals surface area contributed by atoms with Gasteiger partial charge in [0.1, 0.15) is 0 Å². The minimum Gasteiger partial charge on any atom is -0.408 e. The van der Waals surface area contributed by atoms with E-state index in [0.717, 1.165) is 25.0 Å². The van der Waals surface area contributed by atoms with E-state index in [0.29, 0.717) is 30.4 Å². The minimum absolute atomic E-state index is 0.201. The maximum atomic E-state index is 11.8. The maximum absolute atomic E-state index is 11.8. The number of fused-ring (bicyclic) bond motifs is 1. The topological polar surface area (TPSA) is 53.6 Å². The second-order valence-electron chi connectivity index (χ2n) is 4.84. The monoisotopic (exact) mass is 297 g/mol. The first-order valence-corrected chi connectivity index (χ1v) is 7.10. The van der Waals surface area contributed by atoms with Gasteiger partial charge in [0.25, 0.3) is 0 Å². The Labute approximate surface area is 121 Å². The number of rotatable bonds is 5. The van der Waals surface area contributed by atoms with E-state index in [1.807, 2.05) is 0 Å². The lowest BCUT2D eigenvalue weighted by atomic mass is 10.2. The summed E-state index contributed by atoms with van der Waals surface area (Å²) in [7, 11) is 0. The van der Waals surface area contributed by atoms with Crippen LogP contribution >= 0.6 is 11.6 Å². The molecule has 0 radical (unpaired) electrons. The molecule has 0 amide bonds. The summed E-state index contributed by atoms with van der Waals surface area (Å²) in [5, 5.41) is 0.549. The van der Waals surface area contributed by atoms with Crippen molar-refractivity contribution >= 4 is 22.7 Å². The molecule has 2 heterocycles. The van der Waals surface area contributed by atoms with Gasteiger partial charge in [-0.25, -0.2) is 4.79 Å². The van der Waals surface area contributed by atoms with Crippen LogP contribution in [0.4, 0.5) is 0 Å². The average Bonchev–Trinajstić information content (AvgIpc) is 3.02. The highest BCUT2D eigenvalue weighted by molar-refractivity contribution is 6.31. The summed E-state index contributed by atoms with van der Waals surface area (Å²) in [6.45, 7) is 2.31. The fourth-order valence-electron chi connectivity index (χ4n) is 2.40. The lowest BCUT2D eigenvalue weighted by molar-refractivity contribution is 0.0147. The Balaban J connectivity index is 1.62. The fourth-order valence-corrected chi connectivity index (χ4v) is 2.56. The van der Waals surface area contributed by atoms with Gasteiger partial charge in [-0.2, -0.15) is 0 Å². The highest BCUT2D eigenvalue weighted by Crippen LogP contribution is 2.18. The Morgan fingerprint density at radius 1 is 1.45 bits per heavy atom. The fraction of sp³-hybridized carbons (Fsp3) is 0.500. The van der Waals surface area contributed by atoms with E-state index >= 15 is 0 Å². The molecular weight excluding hydrogens is 282 g/mol. The van der Waals surface area contributed by atoms with Crippen molar-refractivity contribution in [2.45, 2.75) is 25.5 Å². The van der Waals surface area contributed by atoms with Crippen molar-refractivity contribution in [1.82, 2.24) is 4.57 Å². The van der Waals surface area contributed by atoms with Crippen molar-refractivity contribution in [3.05, 3.63) is 33.8 Å². The van der Waals surface area contributed by atoms with Crippen molar-refractivity contribution in [3.63, 3.8) is 0 Å². The summed E-state index contributed by atoms with van der Waals surface area (Å²) in [5.41, 5.74) is 1.24. The van der Waals surface area contributed by atoms with Crippen molar-refractivity contribution in [2.75, 3.05) is 19.8 Å².